The smallest absolute Gasteiger partial charge is 0.245 e. The van der Waals surface area contributed by atoms with Crippen LogP contribution in [-0.4, -0.2) is 32.4 Å². The maximum atomic E-state index is 12.9. The largest absolute Gasteiger partial charge is 0.384 e. The van der Waals surface area contributed by atoms with Gasteiger partial charge in [0.1, 0.15) is 4.90 Å². The van der Waals surface area contributed by atoms with Crippen LogP contribution in [0, 0.1) is 5.41 Å². The van der Waals surface area contributed by atoms with Crippen LogP contribution in [0.5, 0.6) is 0 Å². The van der Waals surface area contributed by atoms with Crippen molar-refractivity contribution in [3.05, 3.63) is 24.3 Å². The fourth-order valence-electron chi connectivity index (χ4n) is 2.01. The average Bonchev–Trinajstić information content (AvgIpc) is 2.42. The van der Waals surface area contributed by atoms with Crippen LogP contribution in [0.1, 0.15) is 41.0 Å². The molecule has 4 nitrogen and oxygen atoms in total. The van der Waals surface area contributed by atoms with Crippen molar-refractivity contribution in [2.45, 2.75) is 52.0 Å². The second-order valence-corrected chi connectivity index (χ2v) is 8.45. The summed E-state index contributed by atoms with van der Waals surface area (Å²) in [6.45, 7) is 10.9. The topological polar surface area (TPSA) is 49.4 Å². The number of hydrogen-bond donors (Lipinski definition) is 1. The molecule has 0 saturated heterocycles. The molecule has 0 radical (unpaired) electrons. The van der Waals surface area contributed by atoms with Gasteiger partial charge in [0.2, 0.25) is 10.0 Å². The molecule has 1 aromatic carbocycles. The predicted octanol–water partition coefficient (Wildman–Crippen LogP) is 3.56. The fourth-order valence-corrected chi connectivity index (χ4v) is 3.72. The van der Waals surface area contributed by atoms with Crippen LogP contribution in [0.25, 0.3) is 0 Å². The fraction of sp³-hybridized carbons (Fsp3) is 0.625. The van der Waals surface area contributed by atoms with Gasteiger partial charge in [-0.2, -0.15) is 4.31 Å². The Morgan fingerprint density at radius 2 is 1.81 bits per heavy atom. The van der Waals surface area contributed by atoms with Gasteiger partial charge in [0.15, 0.2) is 0 Å². The first-order chi connectivity index (χ1) is 9.62. The first-order valence-electron chi connectivity index (χ1n) is 7.43. The average molecular weight is 312 g/mol. The van der Waals surface area contributed by atoms with E-state index >= 15 is 0 Å². The summed E-state index contributed by atoms with van der Waals surface area (Å²) in [4.78, 5) is 0.344. The maximum absolute atomic E-state index is 12.9. The van der Waals surface area contributed by atoms with Gasteiger partial charge in [0.05, 0.1) is 5.69 Å². The van der Waals surface area contributed by atoms with E-state index in [1.165, 1.54) is 4.31 Å². The Bertz CT molecular complexity index is 562. The Hall–Kier alpha value is -1.07. The number of para-hydroxylation sites is 1. The van der Waals surface area contributed by atoms with Gasteiger partial charge in [-0.25, -0.2) is 8.42 Å². The van der Waals surface area contributed by atoms with Gasteiger partial charge < -0.3 is 5.32 Å². The molecule has 0 aliphatic carbocycles. The molecule has 0 spiro atoms. The van der Waals surface area contributed by atoms with E-state index in [1.54, 1.807) is 19.2 Å². The van der Waals surface area contributed by atoms with E-state index in [1.807, 2.05) is 39.8 Å². The monoisotopic (exact) mass is 312 g/mol. The van der Waals surface area contributed by atoms with Crippen molar-refractivity contribution in [3.63, 3.8) is 0 Å². The van der Waals surface area contributed by atoms with Gasteiger partial charge in [-0.15, -0.1) is 0 Å². The predicted molar refractivity (Wildman–Crippen MR) is 89.1 cm³/mol. The van der Waals surface area contributed by atoms with Crippen LogP contribution in [-0.2, 0) is 10.0 Å². The molecule has 1 N–H and O–H groups in total. The summed E-state index contributed by atoms with van der Waals surface area (Å²) in [6, 6.07) is 7.00. The van der Waals surface area contributed by atoms with E-state index in [9.17, 15) is 8.42 Å². The zero-order valence-corrected chi connectivity index (χ0v) is 14.8. The number of anilines is 1. The van der Waals surface area contributed by atoms with Crippen molar-refractivity contribution in [2.75, 3.05) is 18.9 Å². The molecule has 0 aliphatic heterocycles. The molecule has 0 heterocycles. The van der Waals surface area contributed by atoms with Crippen molar-refractivity contribution in [2.24, 2.45) is 5.41 Å². The molecule has 1 unspecified atom stereocenters. The number of rotatable bonds is 6. The van der Waals surface area contributed by atoms with Crippen LogP contribution in [0.15, 0.2) is 29.2 Å². The first-order valence-corrected chi connectivity index (χ1v) is 8.87. The Kier molecular flexibility index (Phi) is 5.82. The standard InChI is InChI=1S/C16H28N2O2S/c1-7-12-17-14-10-8-9-11-15(14)21(19,20)18(6)13(2)16(3,4)5/h8-11,13,17H,7,12H2,1-6H3. The minimum absolute atomic E-state index is 0.0956. The third-order valence-corrected chi connectivity index (χ3v) is 5.89. The van der Waals surface area contributed by atoms with E-state index in [-0.39, 0.29) is 11.5 Å². The SMILES string of the molecule is CCCNc1ccccc1S(=O)(=O)N(C)C(C)C(C)(C)C. The van der Waals surface area contributed by atoms with E-state index in [0.29, 0.717) is 10.6 Å². The van der Waals surface area contributed by atoms with Crippen molar-refractivity contribution < 1.29 is 8.42 Å². The van der Waals surface area contributed by atoms with Crippen LogP contribution in [0.4, 0.5) is 5.69 Å². The van der Waals surface area contributed by atoms with Crippen molar-refractivity contribution in [1.29, 1.82) is 0 Å². The molecule has 1 atom stereocenters. The minimum atomic E-state index is -3.51. The summed E-state index contributed by atoms with van der Waals surface area (Å²) in [6.07, 6.45) is 0.947. The Morgan fingerprint density at radius 3 is 2.33 bits per heavy atom. The number of sulfonamides is 1. The Balaban J connectivity index is 3.19. The highest BCUT2D eigenvalue weighted by atomic mass is 32.2. The minimum Gasteiger partial charge on any atom is -0.384 e. The molecule has 1 rings (SSSR count). The molecular weight excluding hydrogens is 284 g/mol. The van der Waals surface area contributed by atoms with Gasteiger partial charge in [0, 0.05) is 19.6 Å². The second-order valence-electron chi connectivity index (χ2n) is 6.49. The Labute approximate surface area is 129 Å². The van der Waals surface area contributed by atoms with E-state index < -0.39 is 10.0 Å². The lowest BCUT2D eigenvalue weighted by molar-refractivity contribution is 0.216. The zero-order chi connectivity index (χ0) is 16.3. The summed E-state index contributed by atoms with van der Waals surface area (Å²) in [5.74, 6) is 0. The van der Waals surface area contributed by atoms with Gasteiger partial charge in [-0.3, -0.25) is 0 Å². The maximum Gasteiger partial charge on any atom is 0.245 e. The Morgan fingerprint density at radius 1 is 1.24 bits per heavy atom. The van der Waals surface area contributed by atoms with Crippen molar-refractivity contribution >= 4 is 15.7 Å². The van der Waals surface area contributed by atoms with E-state index in [0.717, 1.165) is 13.0 Å². The van der Waals surface area contributed by atoms with Crippen LogP contribution in [0.2, 0.25) is 0 Å². The van der Waals surface area contributed by atoms with Gasteiger partial charge in [-0.05, 0) is 30.9 Å². The third-order valence-electron chi connectivity index (χ3n) is 3.91. The highest BCUT2D eigenvalue weighted by Gasteiger charge is 2.33. The lowest BCUT2D eigenvalue weighted by Crippen LogP contribution is -2.43. The lowest BCUT2D eigenvalue weighted by atomic mass is 9.88. The van der Waals surface area contributed by atoms with Gasteiger partial charge in [-0.1, -0.05) is 39.8 Å². The summed E-state index contributed by atoms with van der Waals surface area (Å²) in [5.41, 5.74) is 0.556. The third kappa shape index (κ3) is 4.20. The molecule has 0 aliphatic rings. The number of nitrogens with zero attached hydrogens (tertiary/aromatic N) is 1. The number of hydrogen-bond acceptors (Lipinski definition) is 3. The van der Waals surface area contributed by atoms with Crippen LogP contribution >= 0.6 is 0 Å². The lowest BCUT2D eigenvalue weighted by Gasteiger charge is -2.34. The summed E-state index contributed by atoms with van der Waals surface area (Å²) in [5, 5.41) is 3.20. The molecule has 21 heavy (non-hydrogen) atoms. The zero-order valence-electron chi connectivity index (χ0n) is 14.0. The summed E-state index contributed by atoms with van der Waals surface area (Å²) >= 11 is 0. The highest BCUT2D eigenvalue weighted by Crippen LogP contribution is 2.30. The molecule has 0 aromatic heterocycles. The highest BCUT2D eigenvalue weighted by molar-refractivity contribution is 7.89. The first kappa shape index (κ1) is 18.0. The molecule has 0 bridgehead atoms. The summed E-state index contributed by atoms with van der Waals surface area (Å²) in [7, 11) is -1.86. The van der Waals surface area contributed by atoms with Gasteiger partial charge in [0.25, 0.3) is 0 Å². The van der Waals surface area contributed by atoms with Crippen LogP contribution in [0.3, 0.4) is 0 Å². The molecular formula is C16H28N2O2S. The quantitative estimate of drug-likeness (QED) is 0.873. The molecule has 120 valence electrons. The van der Waals surface area contributed by atoms with E-state index in [2.05, 4.69) is 12.2 Å². The molecule has 0 amide bonds. The van der Waals surface area contributed by atoms with Crippen LogP contribution < -0.4 is 5.32 Å². The number of nitrogens with one attached hydrogen (secondary N) is 1. The van der Waals surface area contributed by atoms with E-state index in [4.69, 9.17) is 0 Å². The number of benzene rings is 1. The summed E-state index contributed by atoms with van der Waals surface area (Å²) < 4.78 is 27.3. The molecule has 0 saturated carbocycles. The van der Waals surface area contributed by atoms with Crippen molar-refractivity contribution in [3.8, 4) is 0 Å². The normalized spacial score (nSPS) is 14.2. The molecule has 0 fully saturated rings. The van der Waals surface area contributed by atoms with Crippen molar-refractivity contribution in [1.82, 2.24) is 4.31 Å². The molecule has 1 aromatic rings. The second kappa shape index (κ2) is 6.79. The molecule has 5 heteroatoms. The van der Waals surface area contributed by atoms with Gasteiger partial charge >= 0.3 is 0 Å².